The first kappa shape index (κ1) is 20.8. The van der Waals surface area contributed by atoms with E-state index < -0.39 is 10.0 Å². The van der Waals surface area contributed by atoms with Gasteiger partial charge in [0, 0.05) is 26.2 Å². The fourth-order valence-corrected chi connectivity index (χ4v) is 6.04. The smallest absolute Gasteiger partial charge is 0.244 e. The number of anilines is 1. The Morgan fingerprint density at radius 3 is 2.57 bits per heavy atom. The first-order valence-electron chi connectivity index (χ1n) is 9.00. The molecule has 1 aromatic heterocycles. The van der Waals surface area contributed by atoms with Gasteiger partial charge >= 0.3 is 0 Å². The topological polar surface area (TPSA) is 97.2 Å². The predicted octanol–water partition coefficient (Wildman–Crippen LogP) is 2.64. The van der Waals surface area contributed by atoms with Crippen molar-refractivity contribution in [3.8, 4) is 0 Å². The number of nitrogens with one attached hydrogen (secondary N) is 1. The summed E-state index contributed by atoms with van der Waals surface area (Å²) in [6.45, 7) is 5.41. The molecule has 1 aliphatic heterocycles. The van der Waals surface area contributed by atoms with Gasteiger partial charge in [-0.15, -0.1) is 10.2 Å². The fourth-order valence-electron chi connectivity index (χ4n) is 3.60. The lowest BCUT2D eigenvalue weighted by Crippen LogP contribution is -2.32. The Labute approximate surface area is 169 Å². The quantitative estimate of drug-likeness (QED) is 0.743. The molecule has 0 bridgehead atoms. The normalized spacial score (nSPS) is 17.8. The molecule has 1 N–H and O–H groups in total. The third-order valence-corrected chi connectivity index (χ3v) is 7.74. The Bertz CT molecular complexity index is 1020. The average Bonchev–Trinajstić information content (AvgIpc) is 3.23. The maximum absolute atomic E-state index is 13.5. The molecule has 1 unspecified atom stereocenters. The molecule has 1 atom stereocenters. The predicted molar refractivity (Wildman–Crippen MR) is 109 cm³/mol. The zero-order valence-corrected chi connectivity index (χ0v) is 18.3. The fraction of sp³-hybridized carbons (Fsp3) is 0.500. The Hall–Kier alpha value is -1.91. The largest absolute Gasteiger partial charge is 0.326 e. The number of carbonyl (C=O) groups is 1. The summed E-state index contributed by atoms with van der Waals surface area (Å²) in [5.41, 5.74) is 1.93. The molecule has 0 radical (unpaired) electrons. The van der Waals surface area contributed by atoms with Crippen molar-refractivity contribution >= 4 is 33.4 Å². The van der Waals surface area contributed by atoms with E-state index in [1.165, 1.54) is 23.0 Å². The van der Waals surface area contributed by atoms with Crippen LogP contribution in [0.2, 0.25) is 0 Å². The maximum atomic E-state index is 13.5. The Balaban J connectivity index is 2.01. The van der Waals surface area contributed by atoms with Gasteiger partial charge in [-0.05, 0) is 56.2 Å². The molecule has 0 spiro atoms. The molecule has 10 heteroatoms. The number of carbonyl (C=O) groups excluding carboxylic acids is 1. The first-order chi connectivity index (χ1) is 13.2. The van der Waals surface area contributed by atoms with E-state index >= 15 is 0 Å². The Kier molecular flexibility index (Phi) is 5.83. The van der Waals surface area contributed by atoms with Gasteiger partial charge in [0.1, 0.15) is 0 Å². The molecule has 1 aliphatic rings. The minimum atomic E-state index is -3.72. The Morgan fingerprint density at radius 1 is 1.25 bits per heavy atom. The third-order valence-electron chi connectivity index (χ3n) is 4.97. The summed E-state index contributed by atoms with van der Waals surface area (Å²) in [5, 5.41) is 11.9. The summed E-state index contributed by atoms with van der Waals surface area (Å²) >= 11 is 1.48. The van der Waals surface area contributed by atoms with Gasteiger partial charge in [-0.3, -0.25) is 4.79 Å². The molecule has 1 saturated heterocycles. The Morgan fingerprint density at radius 2 is 1.96 bits per heavy atom. The summed E-state index contributed by atoms with van der Waals surface area (Å²) in [5.74, 6) is 0.472. The molecule has 3 rings (SSSR count). The number of benzene rings is 1. The van der Waals surface area contributed by atoms with Crippen LogP contribution in [0.3, 0.4) is 0 Å². The van der Waals surface area contributed by atoms with Crippen LogP contribution in [0.1, 0.15) is 42.8 Å². The number of rotatable bonds is 5. The molecule has 1 amide bonds. The van der Waals surface area contributed by atoms with Gasteiger partial charge in [0.05, 0.1) is 10.9 Å². The van der Waals surface area contributed by atoms with Crippen LogP contribution in [0.25, 0.3) is 0 Å². The van der Waals surface area contributed by atoms with E-state index in [9.17, 15) is 13.2 Å². The molecule has 2 aromatic rings. The number of aromatic nitrogens is 3. The van der Waals surface area contributed by atoms with E-state index in [0.29, 0.717) is 35.6 Å². The van der Waals surface area contributed by atoms with E-state index in [4.69, 9.17) is 0 Å². The number of sulfonamides is 1. The van der Waals surface area contributed by atoms with Gasteiger partial charge in [0.25, 0.3) is 0 Å². The summed E-state index contributed by atoms with van der Waals surface area (Å²) in [7, 11) is -1.85. The number of hydrogen-bond acceptors (Lipinski definition) is 6. The van der Waals surface area contributed by atoms with Gasteiger partial charge in [-0.25, -0.2) is 8.42 Å². The summed E-state index contributed by atoms with van der Waals surface area (Å²) in [6.07, 6.45) is 3.40. The van der Waals surface area contributed by atoms with Crippen LogP contribution in [0.4, 0.5) is 5.69 Å². The van der Waals surface area contributed by atoms with Crippen LogP contribution < -0.4 is 5.32 Å². The van der Waals surface area contributed by atoms with Crippen molar-refractivity contribution in [2.24, 2.45) is 7.05 Å². The summed E-state index contributed by atoms with van der Waals surface area (Å²) in [4.78, 5) is 11.6. The van der Waals surface area contributed by atoms with Gasteiger partial charge < -0.3 is 9.88 Å². The van der Waals surface area contributed by atoms with Crippen molar-refractivity contribution in [3.63, 3.8) is 0 Å². The molecule has 28 heavy (non-hydrogen) atoms. The van der Waals surface area contributed by atoms with E-state index in [1.807, 2.05) is 17.9 Å². The summed E-state index contributed by atoms with van der Waals surface area (Å²) < 4.78 is 30.4. The highest BCUT2D eigenvalue weighted by molar-refractivity contribution is 7.98. The highest BCUT2D eigenvalue weighted by Gasteiger charge is 2.39. The van der Waals surface area contributed by atoms with Crippen LogP contribution in [0, 0.1) is 13.8 Å². The van der Waals surface area contributed by atoms with E-state index in [0.717, 1.165) is 11.6 Å². The van der Waals surface area contributed by atoms with Crippen LogP contribution in [0.15, 0.2) is 22.2 Å². The van der Waals surface area contributed by atoms with E-state index in [1.54, 1.807) is 26.0 Å². The number of nitrogens with zero attached hydrogens (tertiary/aromatic N) is 4. The molecule has 0 aliphatic carbocycles. The van der Waals surface area contributed by atoms with E-state index in [2.05, 4.69) is 15.5 Å². The van der Waals surface area contributed by atoms with Gasteiger partial charge in [0.15, 0.2) is 11.0 Å². The average molecular weight is 424 g/mol. The van der Waals surface area contributed by atoms with Crippen LogP contribution >= 0.6 is 11.8 Å². The molecule has 152 valence electrons. The van der Waals surface area contributed by atoms with Crippen molar-refractivity contribution in [3.05, 3.63) is 29.1 Å². The van der Waals surface area contributed by atoms with Crippen LogP contribution in [-0.4, -0.2) is 46.2 Å². The number of hydrogen-bond donors (Lipinski definition) is 1. The molecule has 0 saturated carbocycles. The molecular formula is C18H25N5O3S2. The van der Waals surface area contributed by atoms with Crippen molar-refractivity contribution in [1.29, 1.82) is 0 Å². The second-order valence-corrected chi connectivity index (χ2v) is 9.62. The van der Waals surface area contributed by atoms with Gasteiger partial charge in [-0.2, -0.15) is 4.31 Å². The lowest BCUT2D eigenvalue weighted by molar-refractivity contribution is -0.114. The highest BCUT2D eigenvalue weighted by Crippen LogP contribution is 2.38. The number of aryl methyl sites for hydroxylation is 2. The van der Waals surface area contributed by atoms with Crippen LogP contribution in [-0.2, 0) is 21.9 Å². The van der Waals surface area contributed by atoms with Crippen LogP contribution in [0.5, 0.6) is 0 Å². The molecule has 8 nitrogen and oxygen atoms in total. The summed E-state index contributed by atoms with van der Waals surface area (Å²) in [6, 6.07) is 3.01. The molecule has 1 fully saturated rings. The third kappa shape index (κ3) is 3.68. The molecule has 2 heterocycles. The number of amides is 1. The van der Waals surface area contributed by atoms with Crippen molar-refractivity contribution in [1.82, 2.24) is 19.1 Å². The number of thioether (sulfide) groups is 1. The SMILES string of the molecule is CSc1nnc(C2CCCN2S(=O)(=O)c2cc(C)c(NC(C)=O)cc2C)n1C. The lowest BCUT2D eigenvalue weighted by Gasteiger charge is -2.25. The first-order valence-corrected chi connectivity index (χ1v) is 11.7. The second-order valence-electron chi connectivity index (χ2n) is 6.99. The zero-order chi connectivity index (χ0) is 20.6. The minimum Gasteiger partial charge on any atom is -0.326 e. The monoisotopic (exact) mass is 423 g/mol. The van der Waals surface area contributed by atoms with Crippen molar-refractivity contribution in [2.75, 3.05) is 18.1 Å². The van der Waals surface area contributed by atoms with Gasteiger partial charge in [-0.1, -0.05) is 11.8 Å². The van der Waals surface area contributed by atoms with Crippen molar-refractivity contribution < 1.29 is 13.2 Å². The molecular weight excluding hydrogens is 398 g/mol. The lowest BCUT2D eigenvalue weighted by atomic mass is 10.1. The highest BCUT2D eigenvalue weighted by atomic mass is 32.2. The minimum absolute atomic E-state index is 0.190. The standard InChI is InChI=1S/C18H25N5O3S2/c1-11-10-16(12(2)9-14(11)19-13(3)24)28(25,26)23-8-6-7-15(23)17-20-21-18(27-5)22(17)4/h9-10,15H,6-8H2,1-5H3,(H,19,24). The second kappa shape index (κ2) is 7.84. The maximum Gasteiger partial charge on any atom is 0.244 e. The van der Waals surface area contributed by atoms with Gasteiger partial charge in [0.2, 0.25) is 15.9 Å². The zero-order valence-electron chi connectivity index (χ0n) is 16.7. The molecule has 1 aromatic carbocycles. The van der Waals surface area contributed by atoms with Crippen molar-refractivity contribution in [2.45, 2.75) is 49.7 Å². The van der Waals surface area contributed by atoms with E-state index in [-0.39, 0.29) is 16.8 Å².